The smallest absolute Gasteiger partial charge is 0.265 e. The van der Waals surface area contributed by atoms with Crippen LogP contribution in [0.5, 0.6) is 11.5 Å². The van der Waals surface area contributed by atoms with E-state index in [0.29, 0.717) is 18.0 Å². The number of rotatable bonds is 6. The van der Waals surface area contributed by atoms with Crippen molar-refractivity contribution in [3.63, 3.8) is 0 Å². The number of carbonyl (C=O) groups is 1. The molecule has 4 heteroatoms. The maximum atomic E-state index is 12.2. The molecule has 122 valence electrons. The van der Waals surface area contributed by atoms with Crippen LogP contribution in [0.3, 0.4) is 0 Å². The minimum Gasteiger partial charge on any atom is -0.494 e. The van der Waals surface area contributed by atoms with E-state index in [-0.39, 0.29) is 5.91 Å². The average molecular weight is 313 g/mol. The fourth-order valence-corrected chi connectivity index (χ4v) is 2.30. The fraction of sp³-hybridized carbons (Fsp3) is 0.316. The average Bonchev–Trinajstić information content (AvgIpc) is 2.48. The highest BCUT2D eigenvalue weighted by Gasteiger charge is 2.15. The number of aryl methyl sites for hydroxylation is 2. The van der Waals surface area contributed by atoms with Gasteiger partial charge < -0.3 is 14.8 Å². The van der Waals surface area contributed by atoms with Crippen LogP contribution in [-0.2, 0) is 4.79 Å². The van der Waals surface area contributed by atoms with Crippen LogP contribution in [0.15, 0.2) is 42.5 Å². The van der Waals surface area contributed by atoms with Crippen molar-refractivity contribution in [3.8, 4) is 11.5 Å². The van der Waals surface area contributed by atoms with Gasteiger partial charge in [0, 0.05) is 5.69 Å². The van der Waals surface area contributed by atoms with Gasteiger partial charge in [-0.1, -0.05) is 6.07 Å². The van der Waals surface area contributed by atoms with E-state index in [2.05, 4.69) is 11.4 Å². The summed E-state index contributed by atoms with van der Waals surface area (Å²) in [7, 11) is 0. The van der Waals surface area contributed by atoms with E-state index in [1.165, 1.54) is 0 Å². The van der Waals surface area contributed by atoms with Gasteiger partial charge in [0.1, 0.15) is 11.5 Å². The lowest BCUT2D eigenvalue weighted by Gasteiger charge is -2.16. The third kappa shape index (κ3) is 5.02. The van der Waals surface area contributed by atoms with E-state index in [1.54, 1.807) is 6.92 Å². The lowest BCUT2D eigenvalue weighted by atomic mass is 10.1. The van der Waals surface area contributed by atoms with Crippen molar-refractivity contribution in [2.75, 3.05) is 11.9 Å². The lowest BCUT2D eigenvalue weighted by Crippen LogP contribution is -2.30. The van der Waals surface area contributed by atoms with Crippen LogP contribution in [0, 0.1) is 13.8 Å². The van der Waals surface area contributed by atoms with E-state index in [0.717, 1.165) is 16.9 Å². The predicted octanol–water partition coefficient (Wildman–Crippen LogP) is 4.11. The van der Waals surface area contributed by atoms with Crippen LogP contribution in [0.25, 0.3) is 0 Å². The van der Waals surface area contributed by atoms with Crippen molar-refractivity contribution in [1.82, 2.24) is 0 Å². The highest BCUT2D eigenvalue weighted by Crippen LogP contribution is 2.19. The van der Waals surface area contributed by atoms with Crippen molar-refractivity contribution in [2.45, 2.75) is 33.8 Å². The number of nitrogens with one attached hydrogen (secondary N) is 1. The molecular weight excluding hydrogens is 290 g/mol. The molecule has 0 heterocycles. The van der Waals surface area contributed by atoms with Gasteiger partial charge in [0.15, 0.2) is 6.10 Å². The largest absolute Gasteiger partial charge is 0.494 e. The van der Waals surface area contributed by atoms with Gasteiger partial charge in [0.2, 0.25) is 0 Å². The number of benzene rings is 2. The molecule has 1 unspecified atom stereocenters. The molecule has 0 radical (unpaired) electrons. The van der Waals surface area contributed by atoms with Gasteiger partial charge in [-0.15, -0.1) is 0 Å². The molecule has 2 aromatic carbocycles. The summed E-state index contributed by atoms with van der Waals surface area (Å²) in [6.07, 6.45) is -0.581. The summed E-state index contributed by atoms with van der Waals surface area (Å²) in [5.41, 5.74) is 2.94. The predicted molar refractivity (Wildman–Crippen MR) is 92.2 cm³/mol. The summed E-state index contributed by atoms with van der Waals surface area (Å²) >= 11 is 0. The molecule has 0 saturated carbocycles. The van der Waals surface area contributed by atoms with E-state index in [9.17, 15) is 4.79 Å². The van der Waals surface area contributed by atoms with Gasteiger partial charge in [-0.2, -0.15) is 0 Å². The molecule has 0 aliphatic carbocycles. The number of anilines is 1. The Kier molecular flexibility index (Phi) is 5.63. The summed E-state index contributed by atoms with van der Waals surface area (Å²) in [6, 6.07) is 13.2. The number of ether oxygens (including phenoxy) is 2. The Morgan fingerprint density at radius 2 is 1.65 bits per heavy atom. The van der Waals surface area contributed by atoms with E-state index >= 15 is 0 Å². The standard InChI is InChI=1S/C19H23NO3/c1-5-22-17-8-6-16(7-9-17)20-19(21)15(4)23-18-11-13(2)10-14(3)12-18/h6-12,15H,5H2,1-4H3,(H,20,21). The molecule has 0 aliphatic rings. The molecule has 1 N–H and O–H groups in total. The Hall–Kier alpha value is -2.49. The summed E-state index contributed by atoms with van der Waals surface area (Å²) in [4.78, 5) is 12.2. The molecule has 0 spiro atoms. The van der Waals surface area contributed by atoms with Gasteiger partial charge >= 0.3 is 0 Å². The van der Waals surface area contributed by atoms with Crippen LogP contribution < -0.4 is 14.8 Å². The van der Waals surface area contributed by atoms with Crippen LogP contribution in [-0.4, -0.2) is 18.6 Å². The Morgan fingerprint density at radius 3 is 2.22 bits per heavy atom. The van der Waals surface area contributed by atoms with Gasteiger partial charge in [0.05, 0.1) is 6.61 Å². The summed E-state index contributed by atoms with van der Waals surface area (Å²) in [6.45, 7) is 8.30. The van der Waals surface area contributed by atoms with E-state index in [1.807, 2.05) is 57.2 Å². The first kappa shape index (κ1) is 16.9. The highest BCUT2D eigenvalue weighted by molar-refractivity contribution is 5.94. The monoisotopic (exact) mass is 313 g/mol. The number of carbonyl (C=O) groups excluding carboxylic acids is 1. The topological polar surface area (TPSA) is 47.6 Å². The van der Waals surface area contributed by atoms with Crippen molar-refractivity contribution >= 4 is 11.6 Å². The lowest BCUT2D eigenvalue weighted by molar-refractivity contribution is -0.122. The van der Waals surface area contributed by atoms with Gasteiger partial charge in [-0.05, 0) is 75.2 Å². The highest BCUT2D eigenvalue weighted by atomic mass is 16.5. The molecule has 1 atom stereocenters. The molecule has 23 heavy (non-hydrogen) atoms. The maximum absolute atomic E-state index is 12.2. The van der Waals surface area contributed by atoms with Crippen molar-refractivity contribution in [3.05, 3.63) is 53.6 Å². The zero-order chi connectivity index (χ0) is 16.8. The summed E-state index contributed by atoms with van der Waals surface area (Å²) < 4.78 is 11.1. The molecule has 0 saturated heterocycles. The molecule has 0 aliphatic heterocycles. The van der Waals surface area contributed by atoms with Crippen LogP contribution in [0.4, 0.5) is 5.69 Å². The van der Waals surface area contributed by atoms with Crippen molar-refractivity contribution in [2.24, 2.45) is 0 Å². The quantitative estimate of drug-likeness (QED) is 0.873. The first-order valence-electron chi connectivity index (χ1n) is 7.76. The zero-order valence-electron chi connectivity index (χ0n) is 14.1. The SMILES string of the molecule is CCOc1ccc(NC(=O)C(C)Oc2cc(C)cc(C)c2)cc1. The molecule has 0 fully saturated rings. The van der Waals surface area contributed by atoms with Crippen LogP contribution >= 0.6 is 0 Å². The second kappa shape index (κ2) is 7.68. The molecule has 4 nitrogen and oxygen atoms in total. The molecular formula is C19H23NO3. The van der Waals surface area contributed by atoms with Crippen LogP contribution in [0.2, 0.25) is 0 Å². The van der Waals surface area contributed by atoms with Gasteiger partial charge in [-0.25, -0.2) is 0 Å². The summed E-state index contributed by atoms with van der Waals surface area (Å²) in [5, 5.41) is 2.84. The second-order valence-corrected chi connectivity index (χ2v) is 5.53. The number of amides is 1. The molecule has 1 amide bonds. The molecule has 0 aromatic heterocycles. The van der Waals surface area contributed by atoms with E-state index < -0.39 is 6.10 Å². The van der Waals surface area contributed by atoms with Gasteiger partial charge in [-0.3, -0.25) is 4.79 Å². The minimum absolute atomic E-state index is 0.187. The molecule has 2 rings (SSSR count). The summed E-state index contributed by atoms with van der Waals surface area (Å²) in [5.74, 6) is 1.30. The molecule has 0 bridgehead atoms. The Morgan fingerprint density at radius 1 is 1.04 bits per heavy atom. The Balaban J connectivity index is 1.96. The number of hydrogen-bond donors (Lipinski definition) is 1. The molecule has 2 aromatic rings. The van der Waals surface area contributed by atoms with Crippen LogP contribution in [0.1, 0.15) is 25.0 Å². The maximum Gasteiger partial charge on any atom is 0.265 e. The Labute approximate surface area is 137 Å². The number of hydrogen-bond acceptors (Lipinski definition) is 3. The van der Waals surface area contributed by atoms with E-state index in [4.69, 9.17) is 9.47 Å². The minimum atomic E-state index is -0.581. The van der Waals surface area contributed by atoms with Crippen molar-refractivity contribution in [1.29, 1.82) is 0 Å². The zero-order valence-corrected chi connectivity index (χ0v) is 14.1. The first-order valence-corrected chi connectivity index (χ1v) is 7.76. The Bertz CT molecular complexity index is 645. The van der Waals surface area contributed by atoms with Gasteiger partial charge in [0.25, 0.3) is 5.91 Å². The third-order valence-corrected chi connectivity index (χ3v) is 3.31. The first-order chi connectivity index (χ1) is 11.0. The van der Waals surface area contributed by atoms with Crippen molar-refractivity contribution < 1.29 is 14.3 Å². The second-order valence-electron chi connectivity index (χ2n) is 5.53. The third-order valence-electron chi connectivity index (χ3n) is 3.31. The normalized spacial score (nSPS) is 11.7. The fourth-order valence-electron chi connectivity index (χ4n) is 2.30.